The second-order valence-electron chi connectivity index (χ2n) is 4.95. The number of benzene rings is 2. The highest BCUT2D eigenvalue weighted by Gasteiger charge is 2.07. The Bertz CT molecular complexity index is 1040. The van der Waals surface area contributed by atoms with Crippen LogP contribution in [0.25, 0.3) is 0 Å². The lowest BCUT2D eigenvalue weighted by atomic mass is 10.3. The Balaban J connectivity index is 1.92. The van der Waals surface area contributed by atoms with Crippen molar-refractivity contribution >= 4 is 35.3 Å². The Kier molecular flexibility index (Phi) is 5.06. The smallest absolute Gasteiger partial charge is 0.328 e. The lowest BCUT2D eigenvalue weighted by Crippen LogP contribution is -2.24. The standard InChI is InChI=1S/C17H12ClN3O3S/c18-10-5-7-11(8-6-10)25-14-4-2-1-3-13(14)19-9-12-15(22)20-17(24)21-16(12)23/h1-9H,(H3,20,21,22,23,24). The van der Waals surface area contributed by atoms with Gasteiger partial charge in [-0.25, -0.2) is 4.79 Å². The molecule has 0 radical (unpaired) electrons. The number of nitrogens with one attached hydrogen (secondary N) is 2. The van der Waals surface area contributed by atoms with Crippen molar-refractivity contribution in [3.05, 3.63) is 80.0 Å². The summed E-state index contributed by atoms with van der Waals surface area (Å²) in [5.74, 6) is -0.527. The molecule has 0 aliphatic rings. The van der Waals surface area contributed by atoms with Gasteiger partial charge in [-0.3, -0.25) is 19.8 Å². The fourth-order valence-electron chi connectivity index (χ4n) is 2.02. The molecule has 3 rings (SSSR count). The lowest BCUT2D eigenvalue weighted by molar-refractivity contribution is 0.447. The molecule has 0 bridgehead atoms. The fraction of sp³-hybridized carbons (Fsp3) is 0. The summed E-state index contributed by atoms with van der Waals surface area (Å²) < 4.78 is 0. The van der Waals surface area contributed by atoms with E-state index in [-0.39, 0.29) is 5.56 Å². The first-order valence-corrected chi connectivity index (χ1v) is 8.34. The number of rotatable bonds is 4. The van der Waals surface area contributed by atoms with Crippen molar-refractivity contribution in [1.82, 2.24) is 9.97 Å². The van der Waals surface area contributed by atoms with Crippen LogP contribution in [0.1, 0.15) is 5.56 Å². The molecule has 0 fully saturated rings. The largest absolute Gasteiger partial charge is 0.494 e. The second kappa shape index (κ2) is 7.42. The van der Waals surface area contributed by atoms with Gasteiger partial charge in [-0.15, -0.1) is 0 Å². The molecule has 0 amide bonds. The summed E-state index contributed by atoms with van der Waals surface area (Å²) in [6.45, 7) is 0. The summed E-state index contributed by atoms with van der Waals surface area (Å²) in [5, 5.41) is 10.4. The Morgan fingerprint density at radius 1 is 1.04 bits per heavy atom. The quantitative estimate of drug-likeness (QED) is 0.611. The minimum absolute atomic E-state index is 0.120. The average molecular weight is 374 g/mol. The molecule has 0 spiro atoms. The molecule has 0 aliphatic carbocycles. The maximum atomic E-state index is 11.7. The number of halogens is 1. The van der Waals surface area contributed by atoms with Crippen LogP contribution in [-0.4, -0.2) is 21.3 Å². The third kappa shape index (κ3) is 4.20. The summed E-state index contributed by atoms with van der Waals surface area (Å²) in [4.78, 5) is 33.1. The van der Waals surface area contributed by atoms with Gasteiger partial charge < -0.3 is 5.11 Å². The van der Waals surface area contributed by atoms with E-state index in [4.69, 9.17) is 11.6 Å². The van der Waals surface area contributed by atoms with Crippen LogP contribution in [0.3, 0.4) is 0 Å². The first kappa shape index (κ1) is 17.1. The van der Waals surface area contributed by atoms with Gasteiger partial charge in [-0.05, 0) is 36.4 Å². The van der Waals surface area contributed by atoms with Crippen molar-refractivity contribution < 1.29 is 5.11 Å². The Morgan fingerprint density at radius 2 is 1.76 bits per heavy atom. The fourth-order valence-corrected chi connectivity index (χ4v) is 3.04. The minimum atomic E-state index is -0.779. The molecule has 3 aromatic rings. The zero-order valence-electron chi connectivity index (χ0n) is 12.7. The highest BCUT2D eigenvalue weighted by Crippen LogP contribution is 2.35. The molecule has 0 aliphatic heterocycles. The summed E-state index contributed by atoms with van der Waals surface area (Å²) in [7, 11) is 0. The predicted octanol–water partition coefficient (Wildman–Crippen LogP) is 3.32. The number of hydrogen-bond acceptors (Lipinski definition) is 5. The zero-order valence-corrected chi connectivity index (χ0v) is 14.3. The van der Waals surface area contributed by atoms with E-state index in [9.17, 15) is 14.7 Å². The number of hydrogen-bond donors (Lipinski definition) is 3. The summed E-state index contributed by atoms with van der Waals surface area (Å²) in [6.07, 6.45) is 1.21. The van der Waals surface area contributed by atoms with Gasteiger partial charge >= 0.3 is 5.69 Å². The van der Waals surface area contributed by atoms with Crippen LogP contribution in [0, 0.1) is 0 Å². The lowest BCUT2D eigenvalue weighted by Gasteiger charge is -2.05. The number of aromatic nitrogens is 2. The molecule has 6 nitrogen and oxygen atoms in total. The highest BCUT2D eigenvalue weighted by atomic mass is 35.5. The minimum Gasteiger partial charge on any atom is -0.494 e. The van der Waals surface area contributed by atoms with Crippen LogP contribution in [-0.2, 0) is 0 Å². The first-order valence-electron chi connectivity index (χ1n) is 7.15. The van der Waals surface area contributed by atoms with Gasteiger partial charge in [0.15, 0.2) is 0 Å². The number of H-pyrrole nitrogens is 2. The predicted molar refractivity (Wildman–Crippen MR) is 98.6 cm³/mol. The molecule has 25 heavy (non-hydrogen) atoms. The molecule has 0 saturated heterocycles. The molecule has 0 atom stereocenters. The monoisotopic (exact) mass is 373 g/mol. The maximum absolute atomic E-state index is 11.7. The van der Waals surface area contributed by atoms with Crippen LogP contribution in [0.2, 0.25) is 5.02 Å². The van der Waals surface area contributed by atoms with E-state index < -0.39 is 17.1 Å². The third-order valence-corrected chi connectivity index (χ3v) is 4.52. The molecular formula is C17H12ClN3O3S. The highest BCUT2D eigenvalue weighted by molar-refractivity contribution is 7.99. The molecule has 0 unspecified atom stereocenters. The van der Waals surface area contributed by atoms with Crippen molar-refractivity contribution in [2.45, 2.75) is 9.79 Å². The van der Waals surface area contributed by atoms with Crippen molar-refractivity contribution in [3.8, 4) is 5.88 Å². The van der Waals surface area contributed by atoms with Crippen molar-refractivity contribution in [2.75, 3.05) is 0 Å². The van der Waals surface area contributed by atoms with E-state index in [0.717, 1.165) is 9.79 Å². The van der Waals surface area contributed by atoms with E-state index in [1.807, 2.05) is 35.3 Å². The van der Waals surface area contributed by atoms with Gasteiger partial charge in [0.25, 0.3) is 5.56 Å². The topological polar surface area (TPSA) is 98.3 Å². The van der Waals surface area contributed by atoms with E-state index in [0.29, 0.717) is 10.7 Å². The third-order valence-electron chi connectivity index (χ3n) is 3.20. The van der Waals surface area contributed by atoms with E-state index >= 15 is 0 Å². The average Bonchev–Trinajstić information content (AvgIpc) is 2.57. The van der Waals surface area contributed by atoms with Gasteiger partial charge in [0.1, 0.15) is 5.56 Å². The molecule has 2 aromatic carbocycles. The van der Waals surface area contributed by atoms with Crippen LogP contribution in [0.15, 0.2) is 72.9 Å². The van der Waals surface area contributed by atoms with E-state index in [2.05, 4.69) is 9.98 Å². The number of aromatic hydroxyl groups is 1. The maximum Gasteiger partial charge on any atom is 0.328 e. The van der Waals surface area contributed by atoms with Crippen LogP contribution in [0.5, 0.6) is 5.88 Å². The van der Waals surface area contributed by atoms with Crippen LogP contribution in [0.4, 0.5) is 5.69 Å². The normalized spacial score (nSPS) is 11.1. The van der Waals surface area contributed by atoms with Crippen LogP contribution < -0.4 is 11.2 Å². The molecular weight excluding hydrogens is 362 g/mol. The number of nitrogens with zero attached hydrogens (tertiary/aromatic N) is 1. The second-order valence-corrected chi connectivity index (χ2v) is 6.50. The van der Waals surface area contributed by atoms with Gasteiger partial charge in [-0.1, -0.05) is 35.5 Å². The van der Waals surface area contributed by atoms with Gasteiger partial charge in [0.05, 0.1) is 5.69 Å². The Hall–Kier alpha value is -2.77. The number of para-hydroxylation sites is 1. The van der Waals surface area contributed by atoms with E-state index in [1.54, 1.807) is 18.2 Å². The molecule has 126 valence electrons. The van der Waals surface area contributed by atoms with Crippen molar-refractivity contribution in [3.63, 3.8) is 0 Å². The van der Waals surface area contributed by atoms with Gasteiger partial charge in [0, 0.05) is 21.0 Å². The van der Waals surface area contributed by atoms with Crippen molar-refractivity contribution in [1.29, 1.82) is 0 Å². The zero-order chi connectivity index (χ0) is 17.8. The molecule has 1 heterocycles. The van der Waals surface area contributed by atoms with E-state index in [1.165, 1.54) is 18.0 Å². The summed E-state index contributed by atoms with van der Waals surface area (Å²) in [6, 6.07) is 14.8. The Morgan fingerprint density at radius 3 is 2.48 bits per heavy atom. The summed E-state index contributed by atoms with van der Waals surface area (Å²) >= 11 is 7.38. The van der Waals surface area contributed by atoms with Crippen LogP contribution >= 0.6 is 23.4 Å². The molecule has 0 saturated carbocycles. The molecule has 8 heteroatoms. The Labute approximate surface area is 151 Å². The SMILES string of the molecule is O=c1[nH]c(O)c(C=Nc2ccccc2Sc2ccc(Cl)cc2)c(=O)[nH]1. The molecule has 3 N–H and O–H groups in total. The number of aromatic amines is 2. The van der Waals surface area contributed by atoms with Crippen molar-refractivity contribution in [2.24, 2.45) is 4.99 Å². The molecule has 1 aromatic heterocycles. The van der Waals surface area contributed by atoms with Gasteiger partial charge in [-0.2, -0.15) is 0 Å². The first-order chi connectivity index (χ1) is 12.0. The number of aliphatic imine (C=N–C) groups is 1. The summed E-state index contributed by atoms with van der Waals surface area (Å²) in [5.41, 5.74) is -0.996. The van der Waals surface area contributed by atoms with Gasteiger partial charge in [0.2, 0.25) is 5.88 Å².